The highest BCUT2D eigenvalue weighted by atomic mass is 16.5. The Morgan fingerprint density at radius 1 is 1.56 bits per heavy atom. The van der Waals surface area contributed by atoms with Gasteiger partial charge in [0.1, 0.15) is 11.6 Å². The second-order valence-electron chi connectivity index (χ2n) is 4.61. The number of aryl methyl sites for hydroxylation is 1. The third-order valence-corrected chi connectivity index (χ3v) is 3.34. The smallest absolute Gasteiger partial charge is 0.306 e. The minimum atomic E-state index is -0.740. The summed E-state index contributed by atoms with van der Waals surface area (Å²) < 4.78 is 5.10. The molecular weight excluding hydrogens is 234 g/mol. The van der Waals surface area contributed by atoms with E-state index in [1.54, 1.807) is 20.1 Å². The molecule has 1 aromatic heterocycles. The lowest BCUT2D eigenvalue weighted by atomic mass is 9.87. The number of carboxylic acid groups (broad SMARTS) is 1. The Kier molecular flexibility index (Phi) is 3.36. The average Bonchev–Trinajstić information content (AvgIpc) is 2.25. The number of carbonyl (C=O) groups is 1. The maximum absolute atomic E-state index is 10.9. The van der Waals surface area contributed by atoms with Crippen LogP contribution in [-0.2, 0) is 4.79 Å². The zero-order chi connectivity index (χ0) is 13.3. The SMILES string of the molecule is COc1cc(N2CC(C(C)C(=O)O)C2)nc(C)n1. The van der Waals surface area contributed by atoms with Crippen molar-refractivity contribution in [1.29, 1.82) is 0 Å². The first kappa shape index (κ1) is 12.6. The molecule has 0 saturated carbocycles. The van der Waals surface area contributed by atoms with Gasteiger partial charge in [-0.3, -0.25) is 4.79 Å². The summed E-state index contributed by atoms with van der Waals surface area (Å²) in [6, 6.07) is 1.77. The van der Waals surface area contributed by atoms with E-state index >= 15 is 0 Å². The number of methoxy groups -OCH3 is 1. The molecule has 0 spiro atoms. The fourth-order valence-electron chi connectivity index (χ4n) is 2.01. The van der Waals surface area contributed by atoms with E-state index in [9.17, 15) is 4.79 Å². The number of anilines is 1. The lowest BCUT2D eigenvalue weighted by Gasteiger charge is -2.42. The standard InChI is InChI=1S/C12H17N3O3/c1-7(12(16)17)9-5-15(6-9)10-4-11(18-3)14-8(2)13-10/h4,7,9H,5-6H2,1-3H3,(H,16,17). The van der Waals surface area contributed by atoms with Crippen molar-refractivity contribution < 1.29 is 14.6 Å². The Balaban J connectivity index is 2.04. The highest BCUT2D eigenvalue weighted by Crippen LogP contribution is 2.29. The van der Waals surface area contributed by atoms with Crippen LogP contribution in [0.3, 0.4) is 0 Å². The predicted molar refractivity (Wildman–Crippen MR) is 65.8 cm³/mol. The van der Waals surface area contributed by atoms with Crippen LogP contribution in [0.1, 0.15) is 12.7 Å². The normalized spacial score (nSPS) is 17.2. The largest absolute Gasteiger partial charge is 0.481 e. The number of hydrogen-bond donors (Lipinski definition) is 1. The maximum Gasteiger partial charge on any atom is 0.306 e. The number of ether oxygens (including phenoxy) is 1. The number of nitrogens with zero attached hydrogens (tertiary/aromatic N) is 3. The molecule has 1 fully saturated rings. The van der Waals surface area contributed by atoms with Gasteiger partial charge in [-0.25, -0.2) is 4.98 Å². The van der Waals surface area contributed by atoms with Gasteiger partial charge in [-0.1, -0.05) is 6.92 Å². The monoisotopic (exact) mass is 251 g/mol. The van der Waals surface area contributed by atoms with Gasteiger partial charge in [0.25, 0.3) is 0 Å². The predicted octanol–water partition coefficient (Wildman–Crippen LogP) is 0.951. The molecule has 1 aromatic rings. The van der Waals surface area contributed by atoms with E-state index in [1.807, 2.05) is 11.8 Å². The van der Waals surface area contributed by atoms with E-state index in [0.29, 0.717) is 24.8 Å². The molecule has 2 heterocycles. The Bertz CT molecular complexity index is 458. The van der Waals surface area contributed by atoms with Crippen LogP contribution in [0, 0.1) is 18.8 Å². The van der Waals surface area contributed by atoms with E-state index in [-0.39, 0.29) is 11.8 Å². The number of hydrogen-bond acceptors (Lipinski definition) is 5. The molecule has 98 valence electrons. The Hall–Kier alpha value is -1.85. The maximum atomic E-state index is 10.9. The summed E-state index contributed by atoms with van der Waals surface area (Å²) in [6.45, 7) is 4.99. The summed E-state index contributed by atoms with van der Waals surface area (Å²) in [6.07, 6.45) is 0. The molecule has 1 aliphatic rings. The Morgan fingerprint density at radius 3 is 2.78 bits per heavy atom. The highest BCUT2D eigenvalue weighted by Gasteiger charge is 2.35. The van der Waals surface area contributed by atoms with Gasteiger partial charge in [-0.05, 0) is 6.92 Å². The summed E-state index contributed by atoms with van der Waals surface area (Å²) in [7, 11) is 1.57. The van der Waals surface area contributed by atoms with Crippen molar-refractivity contribution in [3.63, 3.8) is 0 Å². The lowest BCUT2D eigenvalue weighted by molar-refractivity contribution is -0.143. The summed E-state index contributed by atoms with van der Waals surface area (Å²) >= 11 is 0. The van der Waals surface area contributed by atoms with Gasteiger partial charge in [0.15, 0.2) is 0 Å². The minimum Gasteiger partial charge on any atom is -0.481 e. The zero-order valence-corrected chi connectivity index (χ0v) is 10.8. The van der Waals surface area contributed by atoms with Crippen LogP contribution in [0.5, 0.6) is 5.88 Å². The van der Waals surface area contributed by atoms with Gasteiger partial charge in [0, 0.05) is 25.1 Å². The molecule has 18 heavy (non-hydrogen) atoms. The topological polar surface area (TPSA) is 75.5 Å². The molecule has 6 heteroatoms. The molecule has 1 saturated heterocycles. The third-order valence-electron chi connectivity index (χ3n) is 3.34. The number of aliphatic carboxylic acids is 1. The first-order valence-electron chi connectivity index (χ1n) is 5.88. The first-order chi connectivity index (χ1) is 8.51. The van der Waals surface area contributed by atoms with Crippen LogP contribution < -0.4 is 9.64 Å². The average molecular weight is 251 g/mol. The molecule has 1 N–H and O–H groups in total. The van der Waals surface area contributed by atoms with Gasteiger partial charge in [-0.2, -0.15) is 4.98 Å². The summed E-state index contributed by atoms with van der Waals surface area (Å²) in [4.78, 5) is 21.4. The van der Waals surface area contributed by atoms with E-state index in [0.717, 1.165) is 5.82 Å². The van der Waals surface area contributed by atoms with Crippen LogP contribution >= 0.6 is 0 Å². The van der Waals surface area contributed by atoms with Crippen molar-refractivity contribution in [2.45, 2.75) is 13.8 Å². The summed E-state index contributed by atoms with van der Waals surface area (Å²) in [5.74, 6) is 1.12. The van der Waals surface area contributed by atoms with Crippen molar-refractivity contribution in [3.05, 3.63) is 11.9 Å². The molecule has 0 bridgehead atoms. The molecule has 2 rings (SSSR count). The Labute approximate surface area is 106 Å². The van der Waals surface area contributed by atoms with Gasteiger partial charge in [0.05, 0.1) is 13.0 Å². The van der Waals surface area contributed by atoms with Crippen molar-refractivity contribution in [3.8, 4) is 5.88 Å². The second kappa shape index (κ2) is 4.80. The summed E-state index contributed by atoms with van der Waals surface area (Å²) in [5, 5.41) is 8.94. The number of aromatic nitrogens is 2. The number of rotatable bonds is 4. The number of carboxylic acids is 1. The molecule has 0 aliphatic carbocycles. The molecule has 0 radical (unpaired) electrons. The molecular formula is C12H17N3O3. The zero-order valence-electron chi connectivity index (χ0n) is 10.8. The van der Waals surface area contributed by atoms with Crippen LogP contribution in [0.2, 0.25) is 0 Å². The van der Waals surface area contributed by atoms with Gasteiger partial charge in [-0.15, -0.1) is 0 Å². The van der Waals surface area contributed by atoms with E-state index < -0.39 is 5.97 Å². The van der Waals surface area contributed by atoms with Crippen molar-refractivity contribution in [2.75, 3.05) is 25.1 Å². The van der Waals surface area contributed by atoms with Gasteiger partial charge < -0.3 is 14.7 Å². The van der Waals surface area contributed by atoms with Crippen molar-refractivity contribution in [1.82, 2.24) is 9.97 Å². The Morgan fingerprint density at radius 2 is 2.22 bits per heavy atom. The van der Waals surface area contributed by atoms with Crippen LogP contribution in [0.15, 0.2) is 6.07 Å². The van der Waals surface area contributed by atoms with Gasteiger partial charge in [0.2, 0.25) is 5.88 Å². The summed E-state index contributed by atoms with van der Waals surface area (Å²) in [5.41, 5.74) is 0. The van der Waals surface area contributed by atoms with Crippen molar-refractivity contribution in [2.24, 2.45) is 11.8 Å². The van der Waals surface area contributed by atoms with Crippen LogP contribution in [0.25, 0.3) is 0 Å². The molecule has 1 unspecified atom stereocenters. The molecule has 1 atom stereocenters. The second-order valence-corrected chi connectivity index (χ2v) is 4.61. The minimum absolute atomic E-state index is 0.184. The van der Waals surface area contributed by atoms with Crippen molar-refractivity contribution >= 4 is 11.8 Å². The highest BCUT2D eigenvalue weighted by molar-refractivity contribution is 5.70. The molecule has 0 aromatic carbocycles. The van der Waals surface area contributed by atoms with E-state index in [2.05, 4.69) is 9.97 Å². The third kappa shape index (κ3) is 2.37. The van der Waals surface area contributed by atoms with E-state index in [4.69, 9.17) is 9.84 Å². The first-order valence-corrected chi connectivity index (χ1v) is 5.88. The van der Waals surface area contributed by atoms with E-state index in [1.165, 1.54) is 0 Å². The van der Waals surface area contributed by atoms with Crippen LogP contribution in [-0.4, -0.2) is 41.2 Å². The molecule has 0 amide bonds. The molecule has 1 aliphatic heterocycles. The molecule has 6 nitrogen and oxygen atoms in total. The fraction of sp³-hybridized carbons (Fsp3) is 0.583. The van der Waals surface area contributed by atoms with Gasteiger partial charge >= 0.3 is 5.97 Å². The van der Waals surface area contributed by atoms with Crippen LogP contribution in [0.4, 0.5) is 5.82 Å². The lowest BCUT2D eigenvalue weighted by Crippen LogP contribution is -2.51. The fourth-order valence-corrected chi connectivity index (χ4v) is 2.01. The quantitative estimate of drug-likeness (QED) is 0.858.